The summed E-state index contributed by atoms with van der Waals surface area (Å²) in [6.45, 7) is 0. The van der Waals surface area contributed by atoms with Gasteiger partial charge < -0.3 is 0 Å². The summed E-state index contributed by atoms with van der Waals surface area (Å²) in [6, 6.07) is 10.4. The fourth-order valence-corrected chi connectivity index (χ4v) is 4.21. The average Bonchev–Trinajstić information content (AvgIpc) is 2.68. The second-order valence-corrected chi connectivity index (χ2v) is 7.18. The first-order valence-corrected chi connectivity index (χ1v) is 9.28. The van der Waals surface area contributed by atoms with E-state index in [0.29, 0.717) is 24.2 Å². The van der Waals surface area contributed by atoms with Crippen LogP contribution in [0.2, 0.25) is 0 Å². The van der Waals surface area contributed by atoms with Crippen LogP contribution in [0.3, 0.4) is 0 Å². The van der Waals surface area contributed by atoms with E-state index < -0.39 is 29.4 Å². The molecule has 3 nitrogen and oxygen atoms in total. The molecule has 1 amide bonds. The third kappa shape index (κ3) is 3.45. The number of rotatable bonds is 2. The predicted molar refractivity (Wildman–Crippen MR) is 98.6 cm³/mol. The quantitative estimate of drug-likeness (QED) is 0.632. The number of benzene rings is 2. The van der Waals surface area contributed by atoms with Crippen LogP contribution in [0.4, 0.5) is 23.2 Å². The van der Waals surface area contributed by atoms with E-state index in [1.807, 2.05) is 0 Å². The summed E-state index contributed by atoms with van der Waals surface area (Å²) in [6.07, 6.45) is -3.71. The largest absolute Gasteiger partial charge is 0.416 e. The molecule has 2 aromatic carbocycles. The molecule has 1 aliphatic heterocycles. The highest BCUT2D eigenvalue weighted by Crippen LogP contribution is 2.46. The Kier molecular flexibility index (Phi) is 4.76. The second-order valence-electron chi connectivity index (χ2n) is 7.18. The van der Waals surface area contributed by atoms with Gasteiger partial charge in [-0.15, -0.1) is 0 Å². The van der Waals surface area contributed by atoms with E-state index in [1.165, 1.54) is 47.4 Å². The lowest BCUT2D eigenvalue weighted by atomic mass is 9.76. The Bertz CT molecular complexity index is 1010. The molecule has 0 fully saturated rings. The maximum atomic E-state index is 13.6. The van der Waals surface area contributed by atoms with Gasteiger partial charge in [0, 0.05) is 35.7 Å². The number of carbonyl (C=O) groups is 2. The minimum Gasteiger partial charge on any atom is -0.294 e. The first kappa shape index (κ1) is 19.4. The first-order chi connectivity index (χ1) is 13.8. The van der Waals surface area contributed by atoms with Crippen molar-refractivity contribution in [2.75, 3.05) is 4.90 Å². The van der Waals surface area contributed by atoms with Crippen molar-refractivity contribution in [1.82, 2.24) is 0 Å². The molecule has 1 heterocycles. The summed E-state index contributed by atoms with van der Waals surface area (Å²) >= 11 is 0. The molecule has 0 radical (unpaired) electrons. The number of carbonyl (C=O) groups excluding carboxylic acids is 2. The molecule has 1 unspecified atom stereocenters. The van der Waals surface area contributed by atoms with Crippen LogP contribution in [-0.2, 0) is 15.8 Å². The van der Waals surface area contributed by atoms with Gasteiger partial charge in [-0.1, -0.05) is 18.2 Å². The van der Waals surface area contributed by atoms with Crippen LogP contribution in [0.25, 0.3) is 0 Å². The van der Waals surface area contributed by atoms with E-state index >= 15 is 0 Å². The molecule has 0 bridgehead atoms. The molecule has 2 aliphatic rings. The number of alkyl halides is 3. The fourth-order valence-electron chi connectivity index (χ4n) is 4.21. The third-order valence-corrected chi connectivity index (χ3v) is 5.40. The van der Waals surface area contributed by atoms with E-state index in [-0.39, 0.29) is 29.8 Å². The fraction of sp³-hybridized carbons (Fsp3) is 0.273. The molecular weight excluding hydrogens is 386 g/mol. The zero-order chi connectivity index (χ0) is 20.8. The summed E-state index contributed by atoms with van der Waals surface area (Å²) < 4.78 is 54.0. The normalized spacial score (nSPS) is 20.1. The van der Waals surface area contributed by atoms with Crippen LogP contribution in [0.15, 0.2) is 59.8 Å². The van der Waals surface area contributed by atoms with Crippen molar-refractivity contribution in [2.24, 2.45) is 0 Å². The molecule has 4 rings (SSSR count). The van der Waals surface area contributed by atoms with Crippen molar-refractivity contribution < 1.29 is 27.2 Å². The number of hydrogen-bond acceptors (Lipinski definition) is 2. The van der Waals surface area contributed by atoms with Crippen LogP contribution in [-0.4, -0.2) is 11.7 Å². The van der Waals surface area contributed by atoms with Gasteiger partial charge in [0.2, 0.25) is 5.91 Å². The zero-order valence-corrected chi connectivity index (χ0v) is 15.3. The molecule has 7 heteroatoms. The van der Waals surface area contributed by atoms with E-state index in [9.17, 15) is 27.2 Å². The number of nitrogens with zero attached hydrogens (tertiary/aromatic N) is 1. The number of halogens is 4. The highest BCUT2D eigenvalue weighted by Gasteiger charge is 2.43. The van der Waals surface area contributed by atoms with Gasteiger partial charge in [-0.05, 0) is 48.7 Å². The number of Topliss-reactive ketones (excluding diaryl/α,β-unsaturated/α-hetero) is 1. The Morgan fingerprint density at radius 2 is 1.62 bits per heavy atom. The second kappa shape index (κ2) is 7.13. The number of ketones is 1. The van der Waals surface area contributed by atoms with Crippen LogP contribution >= 0.6 is 0 Å². The minimum absolute atomic E-state index is 0.0603. The summed E-state index contributed by atoms with van der Waals surface area (Å²) in [5.74, 6) is -2.07. The molecule has 1 atom stereocenters. The van der Waals surface area contributed by atoms with Crippen LogP contribution in [0.1, 0.15) is 42.7 Å². The molecule has 2 aromatic rings. The van der Waals surface area contributed by atoms with Gasteiger partial charge in [0.15, 0.2) is 5.78 Å². The summed E-state index contributed by atoms with van der Waals surface area (Å²) in [5, 5.41) is 0. The Hall–Kier alpha value is -2.96. The molecule has 29 heavy (non-hydrogen) atoms. The van der Waals surface area contributed by atoms with Gasteiger partial charge in [0.1, 0.15) is 5.82 Å². The number of anilines is 1. The van der Waals surface area contributed by atoms with Gasteiger partial charge >= 0.3 is 6.18 Å². The van der Waals surface area contributed by atoms with E-state index in [2.05, 4.69) is 0 Å². The van der Waals surface area contributed by atoms with E-state index in [4.69, 9.17) is 0 Å². The number of amides is 1. The SMILES string of the molecule is O=C1CCCC2=C1C(c1ccccc1C(F)(F)F)CC(=O)N2c1ccc(F)cc1. The van der Waals surface area contributed by atoms with E-state index in [0.717, 1.165) is 6.07 Å². The molecule has 0 saturated heterocycles. The molecule has 0 aromatic heterocycles. The van der Waals surface area contributed by atoms with Crippen molar-refractivity contribution in [3.63, 3.8) is 0 Å². The summed E-state index contributed by atoms with van der Waals surface area (Å²) in [5.41, 5.74) is 0.192. The van der Waals surface area contributed by atoms with Gasteiger partial charge in [-0.25, -0.2) is 4.39 Å². The molecule has 1 aliphatic carbocycles. The van der Waals surface area contributed by atoms with Crippen molar-refractivity contribution in [2.45, 2.75) is 37.8 Å². The summed E-state index contributed by atoms with van der Waals surface area (Å²) in [7, 11) is 0. The Morgan fingerprint density at radius 1 is 0.931 bits per heavy atom. The van der Waals surface area contributed by atoms with Crippen LogP contribution in [0, 0.1) is 5.82 Å². The van der Waals surface area contributed by atoms with Crippen molar-refractivity contribution >= 4 is 17.4 Å². The topological polar surface area (TPSA) is 37.4 Å². The van der Waals surface area contributed by atoms with Gasteiger partial charge in [0.25, 0.3) is 0 Å². The third-order valence-electron chi connectivity index (χ3n) is 5.40. The predicted octanol–water partition coefficient (Wildman–Crippen LogP) is 5.37. The average molecular weight is 403 g/mol. The van der Waals surface area contributed by atoms with Gasteiger partial charge in [-0.2, -0.15) is 13.2 Å². The standard InChI is InChI=1S/C22H17F4NO2/c23-13-8-10-14(11-9-13)27-18-6-3-7-19(28)21(18)16(12-20(27)29)15-4-1-2-5-17(15)22(24,25)26/h1-2,4-5,8-11,16H,3,6-7,12H2. The lowest BCUT2D eigenvalue weighted by Gasteiger charge is -2.38. The van der Waals surface area contributed by atoms with Crippen molar-refractivity contribution in [1.29, 1.82) is 0 Å². The maximum Gasteiger partial charge on any atom is 0.416 e. The lowest BCUT2D eigenvalue weighted by Crippen LogP contribution is -2.41. The van der Waals surface area contributed by atoms with Crippen LogP contribution in [0.5, 0.6) is 0 Å². The highest BCUT2D eigenvalue weighted by atomic mass is 19.4. The molecule has 0 spiro atoms. The minimum atomic E-state index is -4.59. The number of allylic oxidation sites excluding steroid dienone is 2. The number of hydrogen-bond donors (Lipinski definition) is 0. The van der Waals surface area contributed by atoms with E-state index in [1.54, 1.807) is 0 Å². The van der Waals surface area contributed by atoms with Gasteiger partial charge in [0.05, 0.1) is 5.56 Å². The maximum absolute atomic E-state index is 13.6. The highest BCUT2D eigenvalue weighted by molar-refractivity contribution is 6.07. The van der Waals surface area contributed by atoms with Crippen molar-refractivity contribution in [3.05, 3.63) is 76.7 Å². The molecule has 0 saturated carbocycles. The summed E-state index contributed by atoms with van der Waals surface area (Å²) in [4.78, 5) is 27.1. The zero-order valence-electron chi connectivity index (χ0n) is 15.3. The van der Waals surface area contributed by atoms with Crippen LogP contribution < -0.4 is 4.90 Å². The van der Waals surface area contributed by atoms with Gasteiger partial charge in [-0.3, -0.25) is 14.5 Å². The first-order valence-electron chi connectivity index (χ1n) is 9.28. The smallest absolute Gasteiger partial charge is 0.294 e. The molecular formula is C22H17F4NO2. The lowest BCUT2D eigenvalue weighted by molar-refractivity contribution is -0.138. The van der Waals surface area contributed by atoms with Crippen molar-refractivity contribution in [3.8, 4) is 0 Å². The Morgan fingerprint density at radius 3 is 2.31 bits per heavy atom. The Balaban J connectivity index is 1.89. The molecule has 0 N–H and O–H groups in total. The monoisotopic (exact) mass is 403 g/mol. The Labute approximate surface area is 164 Å². The molecule has 150 valence electrons.